The Balaban J connectivity index is 0.000000245. The van der Waals surface area contributed by atoms with E-state index in [-0.39, 0.29) is 17.4 Å². The lowest BCUT2D eigenvalue weighted by Gasteiger charge is -2.23. The number of hydrogen-bond acceptors (Lipinski definition) is 4. The maximum atomic E-state index is 12.8. The molecule has 1 aliphatic carbocycles. The molecule has 2 N–H and O–H groups in total. The van der Waals surface area contributed by atoms with E-state index in [0.29, 0.717) is 11.6 Å². The molecule has 0 atom stereocenters. The van der Waals surface area contributed by atoms with Gasteiger partial charge in [-0.3, -0.25) is 9.78 Å². The molecule has 31 heavy (non-hydrogen) atoms. The van der Waals surface area contributed by atoms with Crippen LogP contribution < -0.4 is 10.5 Å². The SMILES string of the molecule is CC(C)c1ccc(C(N)=O)nc1.N#Cc1ccc(OC2CCCCC2)cc1C(F)(F)F. The van der Waals surface area contributed by atoms with E-state index in [4.69, 9.17) is 15.7 Å². The maximum Gasteiger partial charge on any atom is 0.417 e. The van der Waals surface area contributed by atoms with Crippen molar-refractivity contribution >= 4 is 5.91 Å². The van der Waals surface area contributed by atoms with E-state index in [1.807, 2.05) is 6.07 Å². The summed E-state index contributed by atoms with van der Waals surface area (Å²) in [6, 6.07) is 8.61. The van der Waals surface area contributed by atoms with Crippen LogP contribution in [-0.2, 0) is 6.18 Å². The van der Waals surface area contributed by atoms with Crippen LogP contribution in [0.5, 0.6) is 5.75 Å². The average Bonchev–Trinajstić information content (AvgIpc) is 2.74. The van der Waals surface area contributed by atoms with E-state index in [2.05, 4.69) is 18.8 Å². The van der Waals surface area contributed by atoms with Gasteiger partial charge in [-0.25, -0.2) is 0 Å². The number of carbonyl (C=O) groups excluding carboxylic acids is 1. The second-order valence-electron chi connectivity index (χ2n) is 7.69. The first-order chi connectivity index (χ1) is 14.6. The molecule has 166 valence electrons. The second-order valence-corrected chi connectivity index (χ2v) is 7.69. The van der Waals surface area contributed by atoms with Crippen molar-refractivity contribution in [2.75, 3.05) is 0 Å². The van der Waals surface area contributed by atoms with Gasteiger partial charge in [0.05, 0.1) is 23.3 Å². The van der Waals surface area contributed by atoms with Gasteiger partial charge in [-0.05, 0) is 61.4 Å². The summed E-state index contributed by atoms with van der Waals surface area (Å²) in [5.41, 5.74) is 5.17. The third-order valence-electron chi connectivity index (χ3n) is 4.98. The number of hydrogen-bond donors (Lipinski definition) is 1. The summed E-state index contributed by atoms with van der Waals surface area (Å²) in [6.07, 6.45) is 2.15. The van der Waals surface area contributed by atoms with Gasteiger partial charge in [-0.1, -0.05) is 26.3 Å². The molecule has 1 aliphatic rings. The van der Waals surface area contributed by atoms with Crippen molar-refractivity contribution in [3.8, 4) is 11.8 Å². The van der Waals surface area contributed by atoms with E-state index in [0.717, 1.165) is 43.7 Å². The van der Waals surface area contributed by atoms with Gasteiger partial charge in [-0.15, -0.1) is 0 Å². The lowest BCUT2D eigenvalue weighted by molar-refractivity contribution is -0.137. The second kappa shape index (κ2) is 10.8. The molecular formula is C23H26F3N3O2. The molecule has 5 nitrogen and oxygen atoms in total. The number of nitriles is 1. The Hall–Kier alpha value is -3.08. The molecule has 0 saturated heterocycles. The van der Waals surface area contributed by atoms with Gasteiger partial charge in [0.25, 0.3) is 5.91 Å². The molecule has 1 fully saturated rings. The predicted octanol–water partition coefficient (Wildman–Crippen LogP) is 5.59. The number of halogens is 3. The Morgan fingerprint density at radius 2 is 1.87 bits per heavy atom. The zero-order chi connectivity index (χ0) is 23.0. The fraction of sp³-hybridized carbons (Fsp3) is 0.435. The van der Waals surface area contributed by atoms with Crippen molar-refractivity contribution in [2.45, 2.75) is 64.1 Å². The maximum absolute atomic E-state index is 12.8. The van der Waals surface area contributed by atoms with Crippen molar-refractivity contribution < 1.29 is 22.7 Å². The van der Waals surface area contributed by atoms with Gasteiger partial charge < -0.3 is 10.5 Å². The van der Waals surface area contributed by atoms with E-state index < -0.39 is 17.6 Å². The standard InChI is InChI=1S/C14H14F3NO.C9H12N2O/c15-14(16,17)13-8-12(7-6-10(13)9-18)19-11-4-2-1-3-5-11;1-6(2)7-3-4-8(9(10)12)11-5-7/h6-8,11H,1-5H2;3-6H,1-2H3,(H2,10,12). The van der Waals surface area contributed by atoms with Crippen LogP contribution in [0.4, 0.5) is 13.2 Å². The van der Waals surface area contributed by atoms with Gasteiger partial charge >= 0.3 is 6.18 Å². The Bertz CT molecular complexity index is 913. The molecule has 0 bridgehead atoms. The summed E-state index contributed by atoms with van der Waals surface area (Å²) in [7, 11) is 0. The molecule has 1 aromatic heterocycles. The van der Waals surface area contributed by atoms with Gasteiger partial charge in [-0.2, -0.15) is 18.4 Å². The Labute approximate surface area is 180 Å². The summed E-state index contributed by atoms with van der Waals surface area (Å²) in [6.45, 7) is 4.14. The molecule has 1 amide bonds. The number of nitrogens with zero attached hydrogens (tertiary/aromatic N) is 2. The van der Waals surface area contributed by atoms with Crippen LogP contribution in [0, 0.1) is 11.3 Å². The van der Waals surface area contributed by atoms with E-state index in [1.54, 1.807) is 18.3 Å². The fourth-order valence-electron chi connectivity index (χ4n) is 3.20. The number of aromatic nitrogens is 1. The summed E-state index contributed by atoms with van der Waals surface area (Å²) in [5, 5.41) is 8.70. The summed E-state index contributed by atoms with van der Waals surface area (Å²) in [5.74, 6) is 0.142. The third-order valence-corrected chi connectivity index (χ3v) is 4.98. The van der Waals surface area contributed by atoms with Crippen LogP contribution in [0.2, 0.25) is 0 Å². The third kappa shape index (κ3) is 7.28. The van der Waals surface area contributed by atoms with Crippen LogP contribution >= 0.6 is 0 Å². The smallest absolute Gasteiger partial charge is 0.417 e. The van der Waals surface area contributed by atoms with Crippen molar-refractivity contribution in [3.63, 3.8) is 0 Å². The number of amides is 1. The number of benzene rings is 1. The molecule has 0 spiro atoms. The van der Waals surface area contributed by atoms with Crippen LogP contribution in [0.15, 0.2) is 36.5 Å². The minimum absolute atomic E-state index is 0.0113. The van der Waals surface area contributed by atoms with Crippen molar-refractivity contribution in [2.24, 2.45) is 5.73 Å². The lowest BCUT2D eigenvalue weighted by Crippen LogP contribution is -2.20. The number of pyridine rings is 1. The summed E-state index contributed by atoms with van der Waals surface area (Å²) in [4.78, 5) is 14.6. The number of primary amides is 1. The number of alkyl halides is 3. The van der Waals surface area contributed by atoms with Gasteiger partial charge in [0.2, 0.25) is 0 Å². The van der Waals surface area contributed by atoms with Gasteiger partial charge in [0, 0.05) is 6.20 Å². The number of rotatable bonds is 4. The van der Waals surface area contributed by atoms with Crippen molar-refractivity contribution in [1.29, 1.82) is 5.26 Å². The first kappa shape index (κ1) is 24.2. The number of carbonyl (C=O) groups is 1. The normalized spacial score (nSPS) is 14.4. The number of ether oxygens (including phenoxy) is 1. The van der Waals surface area contributed by atoms with Gasteiger partial charge in [0.15, 0.2) is 0 Å². The molecule has 0 unspecified atom stereocenters. The molecule has 8 heteroatoms. The van der Waals surface area contributed by atoms with Gasteiger partial charge in [0.1, 0.15) is 11.4 Å². The molecule has 1 heterocycles. The van der Waals surface area contributed by atoms with Crippen LogP contribution in [0.1, 0.15) is 79.0 Å². The van der Waals surface area contributed by atoms with Crippen molar-refractivity contribution in [1.82, 2.24) is 4.98 Å². The van der Waals surface area contributed by atoms with Crippen LogP contribution in [0.25, 0.3) is 0 Å². The molecular weight excluding hydrogens is 407 g/mol. The quantitative estimate of drug-likeness (QED) is 0.680. The minimum Gasteiger partial charge on any atom is -0.490 e. The molecule has 0 aliphatic heterocycles. The lowest BCUT2D eigenvalue weighted by atomic mass is 9.97. The highest BCUT2D eigenvalue weighted by Gasteiger charge is 2.34. The Morgan fingerprint density at radius 3 is 2.35 bits per heavy atom. The van der Waals surface area contributed by atoms with E-state index in [9.17, 15) is 18.0 Å². The summed E-state index contributed by atoms with van der Waals surface area (Å²) < 4.78 is 43.9. The predicted molar refractivity (Wildman–Crippen MR) is 111 cm³/mol. The van der Waals surface area contributed by atoms with E-state index >= 15 is 0 Å². The zero-order valence-corrected chi connectivity index (χ0v) is 17.6. The van der Waals surface area contributed by atoms with Crippen molar-refractivity contribution in [3.05, 3.63) is 58.9 Å². The highest BCUT2D eigenvalue weighted by molar-refractivity contribution is 5.90. The summed E-state index contributed by atoms with van der Waals surface area (Å²) >= 11 is 0. The monoisotopic (exact) mass is 433 g/mol. The fourth-order valence-corrected chi connectivity index (χ4v) is 3.20. The molecule has 0 radical (unpaired) electrons. The molecule has 1 aromatic carbocycles. The van der Waals surface area contributed by atoms with E-state index in [1.165, 1.54) is 12.1 Å². The first-order valence-corrected chi connectivity index (χ1v) is 10.2. The first-order valence-electron chi connectivity index (χ1n) is 10.2. The van der Waals surface area contributed by atoms with Crippen LogP contribution in [-0.4, -0.2) is 17.0 Å². The zero-order valence-electron chi connectivity index (χ0n) is 17.6. The topological polar surface area (TPSA) is 89.0 Å². The Morgan fingerprint density at radius 1 is 1.19 bits per heavy atom. The number of nitrogens with two attached hydrogens (primary N) is 1. The largest absolute Gasteiger partial charge is 0.490 e. The minimum atomic E-state index is -4.53. The molecule has 3 rings (SSSR count). The highest BCUT2D eigenvalue weighted by Crippen LogP contribution is 2.35. The Kier molecular flexibility index (Phi) is 8.43. The van der Waals surface area contributed by atoms with Crippen LogP contribution in [0.3, 0.4) is 0 Å². The molecule has 2 aromatic rings. The highest BCUT2D eigenvalue weighted by atomic mass is 19.4. The average molecular weight is 433 g/mol. The molecule has 1 saturated carbocycles.